The molecule has 0 radical (unpaired) electrons. The minimum atomic E-state index is -1.46. The Morgan fingerprint density at radius 1 is 0.703 bits per heavy atom. The summed E-state index contributed by atoms with van der Waals surface area (Å²) in [6.07, 6.45) is 2.81. The molecule has 22 heteroatoms. The van der Waals surface area contributed by atoms with Gasteiger partial charge in [-0.25, -0.2) is 0 Å². The number of Topliss-reactive ketones (excluding diaryl/α,β-unsaturated/α-hetero) is 1. The van der Waals surface area contributed by atoms with Gasteiger partial charge in [0.05, 0.1) is 12.5 Å². The van der Waals surface area contributed by atoms with Crippen molar-refractivity contribution < 1.29 is 38.4 Å². The van der Waals surface area contributed by atoms with Gasteiger partial charge in [0, 0.05) is 69.0 Å². The Morgan fingerprint density at radius 3 is 1.95 bits per heavy atom. The fourth-order valence-electron chi connectivity index (χ4n) is 9.04. The molecular weight excluding hydrogens is 949 g/mol. The van der Waals surface area contributed by atoms with Gasteiger partial charge in [0.15, 0.2) is 17.7 Å². The molecule has 0 unspecified atom stereocenters. The van der Waals surface area contributed by atoms with Crippen molar-refractivity contribution in [1.29, 1.82) is 0 Å². The molecule has 7 amide bonds. The van der Waals surface area contributed by atoms with Crippen molar-refractivity contribution in [2.24, 2.45) is 50.3 Å². The lowest BCUT2D eigenvalue weighted by molar-refractivity contribution is -0.144. The van der Waals surface area contributed by atoms with E-state index in [4.69, 9.17) is 34.4 Å². The number of nitrogens with two attached hydrogens (primary N) is 6. The van der Waals surface area contributed by atoms with Crippen LogP contribution in [0, 0.1) is 5.92 Å². The lowest BCUT2D eigenvalue weighted by Gasteiger charge is -2.31. The Labute approximate surface area is 429 Å². The Morgan fingerprint density at radius 2 is 1.31 bits per heavy atom. The number of hydrogen-bond acceptors (Lipinski definition) is 10. The number of aromatic amines is 1. The average molecular weight is 1020 g/mol. The van der Waals surface area contributed by atoms with E-state index >= 15 is 0 Å². The number of fused-ring (bicyclic) bond motifs is 1. The standard InChI is InChI=1S/C52H70N14O8/c1-65(45(69)23-22-32-13-4-2-5-14-32)42(28-35-31-61-37-19-9-8-18-36(35)37)49(73)63-39(27-33-15-6-3-7-16-33)43(67)29-34(17-10-24-59-51(55)56)50(74)66-26-12-21-41(66)48(72)62-38(20-11-25-60-52(57)58)47(71)64-40(46(54)70)30-44(53)68/h2-9,13-16,18-19,31,34,38-42,61H,10-12,17,20-30H2,1H3,(H2,53,68)(H2,54,70)(H,62,72)(H,63,73)(H,64,71)(H4,55,56,59)(H4,57,58,60)/t34-,38-,39-,40-,41-,42-/m0/s1. The van der Waals surface area contributed by atoms with E-state index in [-0.39, 0.29) is 95.2 Å². The molecule has 1 aliphatic rings. The van der Waals surface area contributed by atoms with Crippen LogP contribution in [0.5, 0.6) is 0 Å². The second-order valence-electron chi connectivity index (χ2n) is 18.5. The summed E-state index contributed by atoms with van der Waals surface area (Å²) in [6.45, 7) is 0.364. The van der Waals surface area contributed by atoms with Gasteiger partial charge in [0.25, 0.3) is 0 Å². The summed E-state index contributed by atoms with van der Waals surface area (Å²) in [6, 6.07) is 20.2. The fraction of sp³-hybridized carbons (Fsp3) is 0.423. The number of aromatic nitrogens is 1. The van der Waals surface area contributed by atoms with Crippen LogP contribution in [-0.4, -0.2) is 131 Å². The highest BCUT2D eigenvalue weighted by molar-refractivity contribution is 5.98. The van der Waals surface area contributed by atoms with Gasteiger partial charge in [0.2, 0.25) is 41.4 Å². The summed E-state index contributed by atoms with van der Waals surface area (Å²) in [4.78, 5) is 124. The van der Waals surface area contributed by atoms with Crippen molar-refractivity contribution in [3.63, 3.8) is 0 Å². The number of primary amides is 2. The molecule has 0 bridgehead atoms. The molecule has 0 spiro atoms. The van der Waals surface area contributed by atoms with Gasteiger partial charge >= 0.3 is 0 Å². The first-order valence-corrected chi connectivity index (χ1v) is 24.7. The predicted octanol–water partition coefficient (Wildman–Crippen LogP) is -0.0984. The van der Waals surface area contributed by atoms with Crippen molar-refractivity contribution in [2.45, 2.75) is 107 Å². The van der Waals surface area contributed by atoms with Crippen LogP contribution in [0.15, 0.2) is 101 Å². The van der Waals surface area contributed by atoms with E-state index in [1.54, 1.807) is 13.2 Å². The van der Waals surface area contributed by atoms with Gasteiger partial charge in [-0.2, -0.15) is 0 Å². The molecule has 2 heterocycles. The van der Waals surface area contributed by atoms with Gasteiger partial charge in [0.1, 0.15) is 24.2 Å². The molecule has 4 aromatic rings. The highest BCUT2D eigenvalue weighted by Gasteiger charge is 2.40. The van der Waals surface area contributed by atoms with Gasteiger partial charge < -0.3 is 65.1 Å². The third kappa shape index (κ3) is 17.2. The molecule has 16 N–H and O–H groups in total. The Hall–Kier alpha value is -8.30. The summed E-state index contributed by atoms with van der Waals surface area (Å²) >= 11 is 0. The van der Waals surface area contributed by atoms with E-state index in [0.29, 0.717) is 12.8 Å². The molecule has 3 aromatic carbocycles. The molecule has 22 nitrogen and oxygen atoms in total. The zero-order valence-electron chi connectivity index (χ0n) is 41.7. The highest BCUT2D eigenvalue weighted by Crippen LogP contribution is 2.26. The number of ketones is 1. The fourth-order valence-corrected chi connectivity index (χ4v) is 9.04. The minimum absolute atomic E-state index is 0.0200. The van der Waals surface area contributed by atoms with Gasteiger partial charge in [-0.15, -0.1) is 0 Å². The largest absolute Gasteiger partial charge is 0.370 e. The second kappa shape index (κ2) is 28.1. The predicted molar refractivity (Wildman–Crippen MR) is 280 cm³/mol. The molecule has 1 fully saturated rings. The van der Waals surface area contributed by atoms with Crippen LogP contribution >= 0.6 is 0 Å². The zero-order valence-corrected chi connectivity index (χ0v) is 41.7. The molecule has 0 aliphatic carbocycles. The van der Waals surface area contributed by atoms with Crippen LogP contribution in [0.2, 0.25) is 0 Å². The van der Waals surface area contributed by atoms with E-state index in [0.717, 1.165) is 27.6 Å². The Bertz CT molecular complexity index is 2630. The molecular formula is C52H70N14O8. The third-order valence-electron chi connectivity index (χ3n) is 13.0. The van der Waals surface area contributed by atoms with Crippen molar-refractivity contribution in [3.8, 4) is 0 Å². The van der Waals surface area contributed by atoms with Crippen molar-refractivity contribution >= 4 is 70.0 Å². The number of likely N-dealkylation sites (tertiary alicyclic amines) is 1. The number of likely N-dealkylation sites (N-methyl/N-ethyl adjacent to an activating group) is 1. The van der Waals surface area contributed by atoms with Gasteiger partial charge in [-0.05, 0) is 74.1 Å². The van der Waals surface area contributed by atoms with E-state index in [1.807, 2.05) is 84.9 Å². The number of amides is 7. The molecule has 6 atom stereocenters. The molecule has 74 heavy (non-hydrogen) atoms. The number of para-hydroxylation sites is 1. The van der Waals surface area contributed by atoms with E-state index in [9.17, 15) is 38.4 Å². The lowest BCUT2D eigenvalue weighted by Crippen LogP contribution is -2.57. The number of nitrogens with zero attached hydrogens (tertiary/aromatic N) is 4. The number of rotatable bonds is 29. The number of guanidine groups is 2. The monoisotopic (exact) mass is 1020 g/mol. The zero-order chi connectivity index (χ0) is 53.7. The van der Waals surface area contributed by atoms with Crippen molar-refractivity contribution in [3.05, 3.63) is 108 Å². The molecule has 5 rings (SSSR count). The van der Waals surface area contributed by atoms with Crippen molar-refractivity contribution in [2.75, 3.05) is 26.7 Å². The van der Waals surface area contributed by atoms with E-state index in [1.165, 1.54) is 9.80 Å². The quantitative estimate of drug-likeness (QED) is 0.0194. The Kier molecular flexibility index (Phi) is 21.5. The maximum absolute atomic E-state index is 14.9. The molecule has 1 aliphatic heterocycles. The van der Waals surface area contributed by atoms with Crippen LogP contribution in [0.4, 0.5) is 0 Å². The first-order valence-electron chi connectivity index (χ1n) is 24.7. The molecule has 1 saturated heterocycles. The maximum Gasteiger partial charge on any atom is 0.243 e. The second-order valence-corrected chi connectivity index (χ2v) is 18.5. The van der Waals surface area contributed by atoms with Crippen molar-refractivity contribution in [1.82, 2.24) is 30.7 Å². The van der Waals surface area contributed by atoms with E-state index < -0.39 is 83.8 Å². The van der Waals surface area contributed by atoms with Crippen LogP contribution < -0.4 is 50.4 Å². The number of aryl methyl sites for hydroxylation is 1. The topological polar surface area (TPSA) is 376 Å². The smallest absolute Gasteiger partial charge is 0.243 e. The molecule has 0 saturated carbocycles. The summed E-state index contributed by atoms with van der Waals surface area (Å²) in [5.74, 6) is -6.65. The number of carbonyl (C=O) groups excluding carboxylic acids is 8. The van der Waals surface area contributed by atoms with Crippen LogP contribution in [0.25, 0.3) is 10.9 Å². The maximum atomic E-state index is 14.9. The molecule has 396 valence electrons. The van der Waals surface area contributed by atoms with E-state index in [2.05, 4.69) is 30.9 Å². The lowest BCUT2D eigenvalue weighted by atomic mass is 9.90. The van der Waals surface area contributed by atoms with Crippen LogP contribution in [0.1, 0.15) is 74.5 Å². The normalized spacial score (nSPS) is 15.1. The van der Waals surface area contributed by atoms with Gasteiger partial charge in [-0.3, -0.25) is 48.3 Å². The summed E-state index contributed by atoms with van der Waals surface area (Å²) in [5, 5.41) is 8.95. The number of hydrogen-bond donors (Lipinski definition) is 10. The minimum Gasteiger partial charge on any atom is -0.370 e. The summed E-state index contributed by atoms with van der Waals surface area (Å²) in [7, 11) is 1.58. The number of carbonyl (C=O) groups is 8. The highest BCUT2D eigenvalue weighted by atomic mass is 16.2. The number of benzene rings is 3. The van der Waals surface area contributed by atoms with Crippen LogP contribution in [-0.2, 0) is 57.6 Å². The number of aliphatic imine (C=N–C) groups is 2. The Balaban J connectivity index is 1.41. The first kappa shape index (κ1) is 56.6. The number of nitrogens with one attached hydrogen (secondary N) is 4. The average Bonchev–Trinajstić information content (AvgIpc) is 4.04. The number of H-pyrrole nitrogens is 1. The third-order valence-corrected chi connectivity index (χ3v) is 13.0. The van der Waals surface area contributed by atoms with Crippen LogP contribution in [0.3, 0.4) is 0 Å². The SMILES string of the molecule is CN(C(=O)CCc1ccccc1)[C@@H](Cc1c[nH]c2ccccc12)C(=O)N[C@@H](Cc1ccccc1)C(=O)C[C@H](CCCN=C(N)N)C(=O)N1CCC[C@H]1C(=O)N[C@@H](CCCN=C(N)N)C(=O)N[C@@H](CC(N)=O)C(N)=O. The molecule has 1 aromatic heterocycles. The summed E-state index contributed by atoms with van der Waals surface area (Å²) < 4.78 is 0. The first-order chi connectivity index (χ1) is 35.4. The van der Waals surface area contributed by atoms with Gasteiger partial charge in [-0.1, -0.05) is 78.9 Å². The summed E-state index contributed by atoms with van der Waals surface area (Å²) in [5.41, 5.74) is 36.2.